The summed E-state index contributed by atoms with van der Waals surface area (Å²) in [5.41, 5.74) is 6.54. The van der Waals surface area contributed by atoms with Crippen LogP contribution in [-0.4, -0.2) is 23.5 Å². The van der Waals surface area contributed by atoms with E-state index in [2.05, 4.69) is 32.1 Å². The summed E-state index contributed by atoms with van der Waals surface area (Å²) in [6.45, 7) is 1.72. The van der Waals surface area contributed by atoms with Gasteiger partial charge in [0.15, 0.2) is 11.7 Å². The topological polar surface area (TPSA) is 79.5 Å². The van der Waals surface area contributed by atoms with Crippen molar-refractivity contribution in [3.05, 3.63) is 69.2 Å². The second-order valence-electron chi connectivity index (χ2n) is 5.57. The van der Waals surface area contributed by atoms with Crippen LogP contribution in [0.2, 0.25) is 5.02 Å². The lowest BCUT2D eigenvalue weighted by molar-refractivity contribution is -0.123. The molecule has 3 N–H and O–H groups in total. The maximum absolute atomic E-state index is 11.8. The number of halogens is 2. The van der Waals surface area contributed by atoms with Gasteiger partial charge in [0, 0.05) is 11.1 Å². The highest BCUT2D eigenvalue weighted by atomic mass is 79.9. The number of hydrogen-bond acceptors (Lipinski definition) is 4. The summed E-state index contributed by atoms with van der Waals surface area (Å²) in [6, 6.07) is 12.6. The Morgan fingerprint density at radius 1 is 1.21 bits per heavy atom. The van der Waals surface area contributed by atoms with Gasteiger partial charge in [-0.2, -0.15) is 0 Å². The van der Waals surface area contributed by atoms with Crippen molar-refractivity contribution < 1.29 is 14.3 Å². The van der Waals surface area contributed by atoms with Crippen LogP contribution in [0.1, 0.15) is 11.1 Å². The molecule has 0 radical (unpaired) electrons. The minimum absolute atomic E-state index is 0.0568. The summed E-state index contributed by atoms with van der Waals surface area (Å²) in [7, 11) is 0. The van der Waals surface area contributed by atoms with Crippen molar-refractivity contribution in [2.24, 2.45) is 0 Å². The fourth-order valence-electron chi connectivity index (χ4n) is 1.99. The van der Waals surface area contributed by atoms with Gasteiger partial charge < -0.3 is 4.74 Å². The van der Waals surface area contributed by atoms with Gasteiger partial charge in [-0.25, -0.2) is 0 Å². The molecular formula is C19H17BrClN3O3S. The molecule has 0 aliphatic heterocycles. The minimum Gasteiger partial charge on any atom is -0.483 e. The molecule has 146 valence electrons. The van der Waals surface area contributed by atoms with E-state index in [0.29, 0.717) is 16.3 Å². The molecule has 28 heavy (non-hydrogen) atoms. The van der Waals surface area contributed by atoms with Crippen LogP contribution in [-0.2, 0) is 9.59 Å². The molecule has 0 aromatic heterocycles. The lowest BCUT2D eigenvalue weighted by Gasteiger charge is -2.11. The number of rotatable bonds is 5. The summed E-state index contributed by atoms with van der Waals surface area (Å²) in [6.07, 6.45) is 2.85. The highest BCUT2D eigenvalue weighted by Gasteiger charge is 2.07. The van der Waals surface area contributed by atoms with E-state index in [9.17, 15) is 9.59 Å². The van der Waals surface area contributed by atoms with Crippen LogP contribution in [0.25, 0.3) is 6.08 Å². The molecule has 0 saturated heterocycles. The summed E-state index contributed by atoms with van der Waals surface area (Å²) in [4.78, 5) is 23.7. The summed E-state index contributed by atoms with van der Waals surface area (Å²) in [5, 5.41) is 2.87. The van der Waals surface area contributed by atoms with Gasteiger partial charge in [-0.15, -0.1) is 0 Å². The average molecular weight is 483 g/mol. The maximum atomic E-state index is 11.8. The second kappa shape index (κ2) is 10.8. The van der Waals surface area contributed by atoms with Gasteiger partial charge in [0.25, 0.3) is 5.91 Å². The molecule has 6 nitrogen and oxygen atoms in total. The molecule has 0 aliphatic rings. The molecule has 9 heteroatoms. The molecule has 0 bridgehead atoms. The summed E-state index contributed by atoms with van der Waals surface area (Å²) >= 11 is 14.3. The molecule has 0 unspecified atom stereocenters. The number of hydrogen-bond donors (Lipinski definition) is 3. The van der Waals surface area contributed by atoms with Gasteiger partial charge in [0.2, 0.25) is 5.91 Å². The van der Waals surface area contributed by atoms with Crippen molar-refractivity contribution in [3.8, 4) is 5.75 Å². The molecule has 2 rings (SSSR count). The fourth-order valence-corrected chi connectivity index (χ4v) is 2.95. The predicted molar refractivity (Wildman–Crippen MR) is 117 cm³/mol. The number of benzene rings is 2. The van der Waals surface area contributed by atoms with Crippen molar-refractivity contribution in [2.45, 2.75) is 6.92 Å². The van der Waals surface area contributed by atoms with Crippen LogP contribution in [0.3, 0.4) is 0 Å². The Morgan fingerprint density at radius 2 is 1.96 bits per heavy atom. The molecule has 2 aromatic carbocycles. The van der Waals surface area contributed by atoms with Gasteiger partial charge in [0.05, 0.1) is 4.47 Å². The van der Waals surface area contributed by atoms with Crippen LogP contribution in [0.5, 0.6) is 5.75 Å². The number of carbonyl (C=O) groups is 2. The van der Waals surface area contributed by atoms with Crippen LogP contribution in [0.4, 0.5) is 0 Å². The van der Waals surface area contributed by atoms with Crippen molar-refractivity contribution in [2.75, 3.05) is 6.61 Å². The molecule has 0 heterocycles. The quantitative estimate of drug-likeness (QED) is 0.345. The first-order chi connectivity index (χ1) is 13.3. The molecule has 2 aromatic rings. The number of aryl methyl sites for hydroxylation is 1. The number of thiocarbonyl (C=S) groups is 1. The Hall–Kier alpha value is -2.42. The first-order valence-electron chi connectivity index (χ1n) is 8.06. The van der Waals surface area contributed by atoms with Gasteiger partial charge in [0.1, 0.15) is 5.75 Å². The molecule has 0 saturated carbocycles. The summed E-state index contributed by atoms with van der Waals surface area (Å²) < 4.78 is 6.16. The number of carbonyl (C=O) groups excluding carboxylic acids is 2. The Bertz CT molecular complexity index is 921. The number of ether oxygens (including phenoxy) is 1. The third-order valence-corrected chi connectivity index (χ3v) is 4.49. The van der Waals surface area contributed by atoms with E-state index in [1.54, 1.807) is 30.3 Å². The SMILES string of the molecule is Cc1ccc(OCC(=O)NNC(=S)NC(=O)C=Cc2ccccc2Cl)c(Br)c1. The number of hydrazine groups is 1. The zero-order valence-electron chi connectivity index (χ0n) is 14.8. The van der Waals surface area contributed by atoms with Crippen LogP contribution in [0.15, 0.2) is 53.0 Å². The molecular weight excluding hydrogens is 466 g/mol. The number of nitrogens with one attached hydrogen (secondary N) is 3. The molecule has 0 fully saturated rings. The Kier molecular flexibility index (Phi) is 8.43. The number of amides is 2. The van der Waals surface area contributed by atoms with E-state index in [1.807, 2.05) is 25.1 Å². The van der Waals surface area contributed by atoms with E-state index in [0.717, 1.165) is 10.0 Å². The van der Waals surface area contributed by atoms with Crippen LogP contribution >= 0.6 is 39.7 Å². The second-order valence-corrected chi connectivity index (χ2v) is 7.24. The molecule has 0 atom stereocenters. The van der Waals surface area contributed by atoms with Crippen LogP contribution < -0.4 is 20.9 Å². The smallest absolute Gasteiger partial charge is 0.276 e. The monoisotopic (exact) mass is 481 g/mol. The highest BCUT2D eigenvalue weighted by molar-refractivity contribution is 9.10. The first kappa shape index (κ1) is 21.9. The lowest BCUT2D eigenvalue weighted by atomic mass is 10.2. The summed E-state index contributed by atoms with van der Waals surface area (Å²) in [5.74, 6) is -0.386. The molecule has 2 amide bonds. The van der Waals surface area contributed by atoms with Crippen molar-refractivity contribution in [1.29, 1.82) is 0 Å². The molecule has 0 aliphatic carbocycles. The van der Waals surface area contributed by atoms with E-state index >= 15 is 0 Å². The van der Waals surface area contributed by atoms with Crippen LogP contribution in [0, 0.1) is 6.92 Å². The minimum atomic E-state index is -0.466. The lowest BCUT2D eigenvalue weighted by Crippen LogP contribution is -2.49. The van der Waals surface area contributed by atoms with Crippen molar-refractivity contribution in [1.82, 2.24) is 16.2 Å². The Morgan fingerprint density at radius 3 is 2.68 bits per heavy atom. The molecule has 0 spiro atoms. The predicted octanol–water partition coefficient (Wildman–Crippen LogP) is 3.53. The third-order valence-electron chi connectivity index (χ3n) is 3.32. The third kappa shape index (κ3) is 7.30. The van der Waals surface area contributed by atoms with E-state index < -0.39 is 11.8 Å². The average Bonchev–Trinajstić information content (AvgIpc) is 2.65. The Balaban J connectivity index is 1.73. The fraction of sp³-hybridized carbons (Fsp3) is 0.105. The zero-order valence-corrected chi connectivity index (χ0v) is 18.0. The van der Waals surface area contributed by atoms with Gasteiger partial charge in [-0.05, 0) is 70.5 Å². The van der Waals surface area contributed by atoms with Crippen molar-refractivity contribution in [3.63, 3.8) is 0 Å². The zero-order chi connectivity index (χ0) is 20.5. The van der Waals surface area contributed by atoms with E-state index in [4.69, 9.17) is 28.6 Å². The Labute approximate surface area is 181 Å². The van der Waals surface area contributed by atoms with E-state index in [-0.39, 0.29) is 11.7 Å². The first-order valence-corrected chi connectivity index (χ1v) is 9.64. The highest BCUT2D eigenvalue weighted by Crippen LogP contribution is 2.25. The van der Waals surface area contributed by atoms with Crippen molar-refractivity contribution >= 4 is 62.8 Å². The normalized spacial score (nSPS) is 10.4. The standard InChI is InChI=1S/C19H17BrClN3O3S/c1-12-6-8-16(14(20)10-12)27-11-18(26)23-24-19(28)22-17(25)9-7-13-4-2-3-5-15(13)21/h2-10H,11H2,1H3,(H,23,26)(H2,22,24,25,28). The maximum Gasteiger partial charge on any atom is 0.276 e. The largest absolute Gasteiger partial charge is 0.483 e. The van der Waals surface area contributed by atoms with Gasteiger partial charge in [-0.3, -0.25) is 25.8 Å². The van der Waals surface area contributed by atoms with Gasteiger partial charge in [-0.1, -0.05) is 35.9 Å². The van der Waals surface area contributed by atoms with E-state index in [1.165, 1.54) is 6.08 Å². The van der Waals surface area contributed by atoms with Gasteiger partial charge >= 0.3 is 0 Å².